The molecule has 150 valence electrons. The van der Waals surface area contributed by atoms with E-state index >= 15 is 0 Å². The summed E-state index contributed by atoms with van der Waals surface area (Å²) in [5, 5.41) is 6.14. The van der Waals surface area contributed by atoms with Crippen LogP contribution < -0.4 is 10.6 Å². The Labute approximate surface area is 178 Å². The third-order valence-electron chi connectivity index (χ3n) is 4.51. The first-order chi connectivity index (χ1) is 12.5. The van der Waals surface area contributed by atoms with Crippen LogP contribution in [0.2, 0.25) is 0 Å². The molecular weight excluding hydrogens is 459 g/mol. The number of amides is 1. The lowest BCUT2D eigenvalue weighted by molar-refractivity contribution is -0.146. The smallest absolute Gasteiger partial charge is 0.308 e. The fraction of sp³-hybridized carbons (Fsp3) is 0.526. The number of nitrogens with one attached hydrogen (secondary N) is 2. The lowest BCUT2D eigenvalue weighted by Gasteiger charge is -2.33. The normalized spacial score (nSPS) is 14.9. The number of piperidine rings is 1. The minimum atomic E-state index is -0.115. The number of ether oxygens (including phenoxy) is 1. The SMILES string of the molecule is CN=C(NCCc1ccc(NC(C)=O)cc1)N1CCC(C(=O)OC)CC1.I. The van der Waals surface area contributed by atoms with Gasteiger partial charge in [-0.1, -0.05) is 12.1 Å². The number of nitrogens with zero attached hydrogens (tertiary/aromatic N) is 2. The maximum Gasteiger partial charge on any atom is 0.308 e. The maximum atomic E-state index is 11.6. The largest absolute Gasteiger partial charge is 0.469 e. The molecule has 1 amide bonds. The van der Waals surface area contributed by atoms with Gasteiger partial charge in [0, 0.05) is 39.3 Å². The fourth-order valence-corrected chi connectivity index (χ4v) is 3.10. The average molecular weight is 488 g/mol. The quantitative estimate of drug-likeness (QED) is 0.288. The Balaban J connectivity index is 0.00000364. The topological polar surface area (TPSA) is 83.0 Å². The van der Waals surface area contributed by atoms with Crippen molar-refractivity contribution in [1.29, 1.82) is 0 Å². The molecule has 0 atom stereocenters. The number of aliphatic imine (C=N–C) groups is 1. The Morgan fingerprint density at radius 2 is 1.85 bits per heavy atom. The van der Waals surface area contributed by atoms with Crippen molar-refractivity contribution in [3.8, 4) is 0 Å². The molecule has 27 heavy (non-hydrogen) atoms. The summed E-state index contributed by atoms with van der Waals surface area (Å²) in [5.74, 6) is 0.675. The van der Waals surface area contributed by atoms with Gasteiger partial charge in [0.1, 0.15) is 0 Å². The van der Waals surface area contributed by atoms with Crippen LogP contribution in [0.25, 0.3) is 0 Å². The van der Waals surface area contributed by atoms with E-state index in [9.17, 15) is 9.59 Å². The van der Waals surface area contributed by atoms with E-state index < -0.39 is 0 Å². The third-order valence-corrected chi connectivity index (χ3v) is 4.51. The van der Waals surface area contributed by atoms with Crippen molar-refractivity contribution >= 4 is 47.5 Å². The Morgan fingerprint density at radius 3 is 2.37 bits per heavy atom. The zero-order chi connectivity index (χ0) is 18.9. The number of carbonyl (C=O) groups excluding carboxylic acids is 2. The summed E-state index contributed by atoms with van der Waals surface area (Å²) in [6.45, 7) is 3.86. The van der Waals surface area contributed by atoms with Crippen LogP contribution >= 0.6 is 24.0 Å². The number of halogens is 1. The number of carbonyl (C=O) groups is 2. The van der Waals surface area contributed by atoms with E-state index in [1.165, 1.54) is 19.6 Å². The fourth-order valence-electron chi connectivity index (χ4n) is 3.10. The van der Waals surface area contributed by atoms with Crippen molar-refractivity contribution in [2.45, 2.75) is 26.2 Å². The molecule has 0 unspecified atom stereocenters. The highest BCUT2D eigenvalue weighted by Gasteiger charge is 2.26. The van der Waals surface area contributed by atoms with Crippen molar-refractivity contribution in [3.05, 3.63) is 29.8 Å². The number of guanidine groups is 1. The van der Waals surface area contributed by atoms with Gasteiger partial charge in [0.2, 0.25) is 5.91 Å². The van der Waals surface area contributed by atoms with Crippen molar-refractivity contribution in [2.24, 2.45) is 10.9 Å². The Morgan fingerprint density at radius 1 is 1.22 bits per heavy atom. The van der Waals surface area contributed by atoms with Crippen LogP contribution in [0.1, 0.15) is 25.3 Å². The molecule has 0 saturated carbocycles. The Kier molecular flexibility index (Phi) is 10.1. The molecule has 1 aliphatic rings. The molecule has 1 aliphatic heterocycles. The molecule has 0 aliphatic carbocycles. The minimum Gasteiger partial charge on any atom is -0.469 e. The molecule has 7 nitrogen and oxygen atoms in total. The van der Waals surface area contributed by atoms with Crippen molar-refractivity contribution in [3.63, 3.8) is 0 Å². The molecule has 1 heterocycles. The van der Waals surface area contributed by atoms with Crippen LogP contribution in [0, 0.1) is 5.92 Å². The molecular formula is C19H29IN4O3. The number of methoxy groups -OCH3 is 1. The summed E-state index contributed by atoms with van der Waals surface area (Å²) in [5.41, 5.74) is 1.99. The summed E-state index contributed by atoms with van der Waals surface area (Å²) in [7, 11) is 3.22. The lowest BCUT2D eigenvalue weighted by Crippen LogP contribution is -2.47. The van der Waals surface area contributed by atoms with Crippen molar-refractivity contribution in [2.75, 3.05) is 39.1 Å². The van der Waals surface area contributed by atoms with Gasteiger partial charge in [0.25, 0.3) is 0 Å². The lowest BCUT2D eigenvalue weighted by atomic mass is 9.97. The van der Waals surface area contributed by atoms with E-state index in [-0.39, 0.29) is 41.8 Å². The van der Waals surface area contributed by atoms with Gasteiger partial charge in [-0.25, -0.2) is 0 Å². The van der Waals surface area contributed by atoms with Crippen molar-refractivity contribution < 1.29 is 14.3 Å². The molecule has 0 radical (unpaired) electrons. The number of anilines is 1. The number of rotatable bonds is 5. The molecule has 0 bridgehead atoms. The molecule has 2 N–H and O–H groups in total. The predicted molar refractivity (Wildman–Crippen MR) is 118 cm³/mol. The van der Waals surface area contributed by atoms with Gasteiger partial charge in [0.05, 0.1) is 13.0 Å². The molecule has 1 fully saturated rings. The number of benzene rings is 1. The second kappa shape index (κ2) is 11.8. The minimum absolute atomic E-state index is 0. The van der Waals surface area contributed by atoms with Crippen LogP contribution in [-0.4, -0.2) is 56.5 Å². The Hall–Kier alpha value is -1.84. The van der Waals surface area contributed by atoms with Gasteiger partial charge >= 0.3 is 5.97 Å². The molecule has 1 aromatic carbocycles. The number of likely N-dealkylation sites (tertiary alicyclic amines) is 1. The predicted octanol–water partition coefficient (Wildman–Crippen LogP) is 2.27. The molecule has 1 aromatic rings. The zero-order valence-electron chi connectivity index (χ0n) is 16.2. The number of esters is 1. The average Bonchev–Trinajstić information content (AvgIpc) is 2.66. The van der Waals surface area contributed by atoms with Crippen LogP contribution in [0.5, 0.6) is 0 Å². The van der Waals surface area contributed by atoms with Gasteiger partial charge < -0.3 is 20.3 Å². The molecule has 1 saturated heterocycles. The first-order valence-corrected chi connectivity index (χ1v) is 8.93. The van der Waals surface area contributed by atoms with E-state index in [0.29, 0.717) is 0 Å². The van der Waals surface area contributed by atoms with Crippen LogP contribution in [0.3, 0.4) is 0 Å². The summed E-state index contributed by atoms with van der Waals surface area (Å²) in [6.07, 6.45) is 2.44. The monoisotopic (exact) mass is 488 g/mol. The van der Waals surface area contributed by atoms with Gasteiger partial charge in [-0.2, -0.15) is 0 Å². The highest BCUT2D eigenvalue weighted by atomic mass is 127. The van der Waals surface area contributed by atoms with E-state index in [1.54, 1.807) is 7.05 Å². The van der Waals surface area contributed by atoms with Gasteiger partial charge in [0.15, 0.2) is 5.96 Å². The third kappa shape index (κ3) is 7.36. The molecule has 0 aromatic heterocycles. The summed E-state index contributed by atoms with van der Waals surface area (Å²) in [6, 6.07) is 7.83. The molecule has 2 rings (SSSR count). The zero-order valence-corrected chi connectivity index (χ0v) is 18.5. The highest BCUT2D eigenvalue weighted by molar-refractivity contribution is 14.0. The van der Waals surface area contributed by atoms with E-state index in [2.05, 4.69) is 20.5 Å². The molecule has 0 spiro atoms. The highest BCUT2D eigenvalue weighted by Crippen LogP contribution is 2.18. The first kappa shape index (κ1) is 23.2. The van der Waals surface area contributed by atoms with E-state index in [1.807, 2.05) is 24.3 Å². The van der Waals surface area contributed by atoms with Gasteiger partial charge in [-0.05, 0) is 37.0 Å². The second-order valence-corrected chi connectivity index (χ2v) is 6.39. The van der Waals surface area contributed by atoms with E-state index in [0.717, 1.165) is 50.5 Å². The Bertz CT molecular complexity index is 641. The van der Waals surface area contributed by atoms with E-state index in [4.69, 9.17) is 4.74 Å². The summed E-state index contributed by atoms with van der Waals surface area (Å²) < 4.78 is 4.83. The number of hydrogen-bond acceptors (Lipinski definition) is 4. The van der Waals surface area contributed by atoms with Crippen LogP contribution in [0.15, 0.2) is 29.3 Å². The second-order valence-electron chi connectivity index (χ2n) is 6.39. The van der Waals surface area contributed by atoms with Crippen molar-refractivity contribution in [1.82, 2.24) is 10.2 Å². The van der Waals surface area contributed by atoms with Crippen LogP contribution in [0.4, 0.5) is 5.69 Å². The first-order valence-electron chi connectivity index (χ1n) is 8.93. The maximum absolute atomic E-state index is 11.6. The van der Waals surface area contributed by atoms with Gasteiger partial charge in [-0.15, -0.1) is 24.0 Å². The summed E-state index contributed by atoms with van der Waals surface area (Å²) >= 11 is 0. The standard InChI is InChI=1S/C19H28N4O3.HI/c1-14(24)22-17-6-4-15(5-7-17)8-11-21-19(20-2)23-12-9-16(10-13-23)18(25)26-3;/h4-7,16H,8-13H2,1-3H3,(H,20,21)(H,22,24);1H. The van der Waals surface area contributed by atoms with Crippen LogP contribution in [-0.2, 0) is 20.7 Å². The number of hydrogen-bond donors (Lipinski definition) is 2. The molecule has 8 heteroatoms. The van der Waals surface area contributed by atoms with Gasteiger partial charge in [-0.3, -0.25) is 14.6 Å². The summed E-state index contributed by atoms with van der Waals surface area (Å²) in [4.78, 5) is 29.2.